The fourth-order valence-electron chi connectivity index (χ4n) is 3.78. The number of hydrogen-bond acceptors (Lipinski definition) is 4. The standard InChI is InChI=1S/C18H29N3O/c1-22-18-13-16(5-6-17(18)19)21-11-7-15(8-12-21)14-20-9-3-2-4-10-20/h5-6,13,15H,2-4,7-12,14,19H2,1H3. The molecule has 0 bridgehead atoms. The molecule has 0 spiro atoms. The van der Waals surface area contributed by atoms with E-state index in [4.69, 9.17) is 10.5 Å². The fraction of sp³-hybridized carbons (Fsp3) is 0.667. The number of rotatable bonds is 4. The van der Waals surface area contributed by atoms with Crippen LogP contribution >= 0.6 is 0 Å². The van der Waals surface area contributed by atoms with Gasteiger partial charge in [-0.05, 0) is 56.8 Å². The van der Waals surface area contributed by atoms with Crippen molar-refractivity contribution >= 4 is 11.4 Å². The van der Waals surface area contributed by atoms with Gasteiger partial charge in [0.25, 0.3) is 0 Å². The molecule has 1 aromatic carbocycles. The minimum Gasteiger partial charge on any atom is -0.495 e. The summed E-state index contributed by atoms with van der Waals surface area (Å²) in [6.07, 6.45) is 6.80. The molecule has 4 nitrogen and oxygen atoms in total. The lowest BCUT2D eigenvalue weighted by Crippen LogP contribution is -2.40. The van der Waals surface area contributed by atoms with Crippen molar-refractivity contribution in [2.24, 2.45) is 5.92 Å². The van der Waals surface area contributed by atoms with Gasteiger partial charge in [0.1, 0.15) is 5.75 Å². The van der Waals surface area contributed by atoms with Gasteiger partial charge in [-0.3, -0.25) is 0 Å². The molecule has 0 atom stereocenters. The second-order valence-electron chi connectivity index (χ2n) is 6.72. The van der Waals surface area contributed by atoms with Crippen LogP contribution in [-0.4, -0.2) is 44.7 Å². The van der Waals surface area contributed by atoms with Crippen molar-refractivity contribution in [2.45, 2.75) is 32.1 Å². The van der Waals surface area contributed by atoms with Gasteiger partial charge in [-0.2, -0.15) is 0 Å². The first-order valence-corrected chi connectivity index (χ1v) is 8.67. The summed E-state index contributed by atoms with van der Waals surface area (Å²) in [6, 6.07) is 6.14. The van der Waals surface area contributed by atoms with Gasteiger partial charge >= 0.3 is 0 Å². The van der Waals surface area contributed by atoms with Crippen LogP contribution in [0.4, 0.5) is 11.4 Å². The van der Waals surface area contributed by atoms with Crippen molar-refractivity contribution < 1.29 is 4.74 Å². The molecule has 4 heteroatoms. The third-order valence-corrected chi connectivity index (χ3v) is 5.16. The summed E-state index contributed by atoms with van der Waals surface area (Å²) in [5.41, 5.74) is 7.86. The minimum atomic E-state index is 0.714. The lowest BCUT2D eigenvalue weighted by molar-refractivity contribution is 0.181. The van der Waals surface area contributed by atoms with Crippen LogP contribution in [0.1, 0.15) is 32.1 Å². The summed E-state index contributed by atoms with van der Waals surface area (Å²) < 4.78 is 5.34. The molecule has 2 saturated heterocycles. The first kappa shape index (κ1) is 15.5. The molecular formula is C18H29N3O. The number of nitrogens with zero attached hydrogens (tertiary/aromatic N) is 2. The molecular weight excluding hydrogens is 274 g/mol. The predicted molar refractivity (Wildman–Crippen MR) is 92.6 cm³/mol. The highest BCUT2D eigenvalue weighted by molar-refractivity contribution is 5.62. The Balaban J connectivity index is 1.52. The van der Waals surface area contributed by atoms with Crippen molar-refractivity contribution in [2.75, 3.05) is 50.5 Å². The maximum absolute atomic E-state index is 5.91. The number of methoxy groups -OCH3 is 1. The van der Waals surface area contributed by atoms with Crippen molar-refractivity contribution in [1.29, 1.82) is 0 Å². The van der Waals surface area contributed by atoms with E-state index in [0.717, 1.165) is 24.8 Å². The Kier molecular flexibility index (Phi) is 5.08. The van der Waals surface area contributed by atoms with Crippen LogP contribution < -0.4 is 15.4 Å². The number of hydrogen-bond donors (Lipinski definition) is 1. The molecule has 2 heterocycles. The van der Waals surface area contributed by atoms with Gasteiger partial charge in [0.05, 0.1) is 12.8 Å². The van der Waals surface area contributed by atoms with E-state index in [1.165, 1.54) is 57.4 Å². The Hall–Kier alpha value is -1.42. The highest BCUT2D eigenvalue weighted by atomic mass is 16.5. The SMILES string of the molecule is COc1cc(N2CCC(CN3CCCCC3)CC2)ccc1N. The van der Waals surface area contributed by atoms with E-state index in [2.05, 4.69) is 21.9 Å². The van der Waals surface area contributed by atoms with Crippen molar-refractivity contribution in [3.63, 3.8) is 0 Å². The molecule has 0 amide bonds. The highest BCUT2D eigenvalue weighted by Gasteiger charge is 2.22. The van der Waals surface area contributed by atoms with E-state index in [-0.39, 0.29) is 0 Å². The molecule has 1 aromatic rings. The van der Waals surface area contributed by atoms with Gasteiger partial charge in [0.15, 0.2) is 0 Å². The molecule has 2 fully saturated rings. The molecule has 3 rings (SSSR count). The van der Waals surface area contributed by atoms with E-state index in [1.54, 1.807) is 7.11 Å². The van der Waals surface area contributed by atoms with Crippen LogP contribution in [0.15, 0.2) is 18.2 Å². The molecule has 2 aliphatic rings. The highest BCUT2D eigenvalue weighted by Crippen LogP contribution is 2.30. The molecule has 2 aliphatic heterocycles. The van der Waals surface area contributed by atoms with Crippen molar-refractivity contribution in [1.82, 2.24) is 4.90 Å². The molecule has 0 saturated carbocycles. The molecule has 22 heavy (non-hydrogen) atoms. The van der Waals surface area contributed by atoms with Gasteiger partial charge in [-0.25, -0.2) is 0 Å². The Bertz CT molecular complexity index is 477. The number of nitrogen functional groups attached to an aromatic ring is 1. The Morgan fingerprint density at radius 3 is 2.50 bits per heavy atom. The maximum atomic E-state index is 5.91. The average molecular weight is 303 g/mol. The smallest absolute Gasteiger partial charge is 0.143 e. The van der Waals surface area contributed by atoms with Crippen LogP contribution in [-0.2, 0) is 0 Å². The van der Waals surface area contributed by atoms with E-state index >= 15 is 0 Å². The molecule has 0 unspecified atom stereocenters. The van der Waals surface area contributed by atoms with Crippen LogP contribution in [0.3, 0.4) is 0 Å². The zero-order valence-corrected chi connectivity index (χ0v) is 13.8. The maximum Gasteiger partial charge on any atom is 0.143 e. The quantitative estimate of drug-likeness (QED) is 0.868. The third-order valence-electron chi connectivity index (χ3n) is 5.16. The van der Waals surface area contributed by atoms with Crippen LogP contribution in [0.5, 0.6) is 5.75 Å². The number of likely N-dealkylation sites (tertiary alicyclic amines) is 1. The third kappa shape index (κ3) is 3.67. The van der Waals surface area contributed by atoms with Gasteiger partial charge in [-0.1, -0.05) is 6.42 Å². The second-order valence-corrected chi connectivity index (χ2v) is 6.72. The van der Waals surface area contributed by atoms with Crippen LogP contribution in [0.2, 0.25) is 0 Å². The van der Waals surface area contributed by atoms with Crippen molar-refractivity contribution in [3.8, 4) is 5.75 Å². The average Bonchev–Trinajstić information content (AvgIpc) is 2.57. The lowest BCUT2D eigenvalue weighted by Gasteiger charge is -2.37. The lowest BCUT2D eigenvalue weighted by atomic mass is 9.95. The fourth-order valence-corrected chi connectivity index (χ4v) is 3.78. The predicted octanol–water partition coefficient (Wildman–Crippen LogP) is 2.98. The molecule has 122 valence electrons. The van der Waals surface area contributed by atoms with Gasteiger partial charge in [0, 0.05) is 31.4 Å². The first-order chi connectivity index (χ1) is 10.8. The van der Waals surface area contributed by atoms with Crippen LogP contribution in [0.25, 0.3) is 0 Å². The molecule has 0 aromatic heterocycles. The van der Waals surface area contributed by atoms with E-state index in [9.17, 15) is 0 Å². The second kappa shape index (κ2) is 7.23. The molecule has 0 radical (unpaired) electrons. The summed E-state index contributed by atoms with van der Waals surface area (Å²) in [7, 11) is 1.68. The largest absolute Gasteiger partial charge is 0.495 e. The molecule has 2 N–H and O–H groups in total. The summed E-state index contributed by atoms with van der Waals surface area (Å²) in [4.78, 5) is 5.14. The Labute approximate surface area is 134 Å². The topological polar surface area (TPSA) is 41.7 Å². The van der Waals surface area contributed by atoms with Crippen molar-refractivity contribution in [3.05, 3.63) is 18.2 Å². The Morgan fingerprint density at radius 2 is 1.82 bits per heavy atom. The molecule has 0 aliphatic carbocycles. The van der Waals surface area contributed by atoms with Gasteiger partial charge in [-0.15, -0.1) is 0 Å². The van der Waals surface area contributed by atoms with E-state index in [0.29, 0.717) is 5.69 Å². The number of anilines is 2. The zero-order valence-electron chi connectivity index (χ0n) is 13.8. The Morgan fingerprint density at radius 1 is 1.09 bits per heavy atom. The number of piperidine rings is 2. The monoisotopic (exact) mass is 303 g/mol. The van der Waals surface area contributed by atoms with Gasteiger partial charge < -0.3 is 20.3 Å². The number of ether oxygens (including phenoxy) is 1. The van der Waals surface area contributed by atoms with E-state index < -0.39 is 0 Å². The zero-order chi connectivity index (χ0) is 15.4. The summed E-state index contributed by atoms with van der Waals surface area (Å²) >= 11 is 0. The van der Waals surface area contributed by atoms with E-state index in [1.807, 2.05) is 6.07 Å². The minimum absolute atomic E-state index is 0.714. The summed E-state index contributed by atoms with van der Waals surface area (Å²) in [6.45, 7) is 6.22. The normalized spacial score (nSPS) is 21.0. The number of benzene rings is 1. The first-order valence-electron chi connectivity index (χ1n) is 8.67. The number of nitrogens with two attached hydrogens (primary N) is 1. The summed E-state index contributed by atoms with van der Waals surface area (Å²) in [5.74, 6) is 1.65. The summed E-state index contributed by atoms with van der Waals surface area (Å²) in [5, 5.41) is 0. The van der Waals surface area contributed by atoms with Gasteiger partial charge in [0.2, 0.25) is 0 Å². The van der Waals surface area contributed by atoms with Crippen LogP contribution in [0, 0.1) is 5.92 Å².